The highest BCUT2D eigenvalue weighted by Crippen LogP contribution is 2.22. The fourth-order valence-electron chi connectivity index (χ4n) is 1.92. The molecule has 0 unspecified atom stereocenters. The van der Waals surface area contributed by atoms with E-state index in [4.69, 9.17) is 4.74 Å². The lowest BCUT2D eigenvalue weighted by Gasteiger charge is -2.07. The van der Waals surface area contributed by atoms with Gasteiger partial charge in [-0.3, -0.25) is 4.98 Å². The van der Waals surface area contributed by atoms with E-state index in [2.05, 4.69) is 29.1 Å². The van der Waals surface area contributed by atoms with Crippen LogP contribution in [-0.4, -0.2) is 16.0 Å². The first-order valence-electron chi connectivity index (χ1n) is 7.00. The zero-order chi connectivity index (χ0) is 13.9. The lowest BCUT2D eigenvalue weighted by molar-refractivity contribution is 0.458. The first-order valence-corrected chi connectivity index (χ1v) is 7.00. The van der Waals surface area contributed by atoms with E-state index in [0.29, 0.717) is 11.9 Å². The molecule has 0 aliphatic heterocycles. The number of ether oxygens (including phenoxy) is 1. The van der Waals surface area contributed by atoms with Crippen LogP contribution in [0.4, 0.5) is 0 Å². The summed E-state index contributed by atoms with van der Waals surface area (Å²) in [5.74, 6) is 1.33. The van der Waals surface area contributed by atoms with Crippen LogP contribution in [-0.2, 0) is 6.54 Å². The molecule has 20 heavy (non-hydrogen) atoms. The van der Waals surface area contributed by atoms with E-state index >= 15 is 0 Å². The van der Waals surface area contributed by atoms with Gasteiger partial charge < -0.3 is 10.1 Å². The summed E-state index contributed by atoms with van der Waals surface area (Å²) in [4.78, 5) is 8.66. The number of nitrogens with one attached hydrogen (secondary N) is 1. The number of aryl methyl sites for hydroxylation is 2. The van der Waals surface area contributed by atoms with E-state index in [1.165, 1.54) is 24.0 Å². The zero-order valence-electron chi connectivity index (χ0n) is 11.9. The molecular weight excluding hydrogens is 250 g/mol. The molecule has 1 aliphatic rings. The van der Waals surface area contributed by atoms with Crippen LogP contribution in [0.1, 0.15) is 29.7 Å². The van der Waals surface area contributed by atoms with Crippen LogP contribution >= 0.6 is 0 Å². The first kappa shape index (κ1) is 13.1. The lowest BCUT2D eigenvalue weighted by atomic mass is 10.1. The summed E-state index contributed by atoms with van der Waals surface area (Å²) in [6, 6.07) is 6.70. The van der Waals surface area contributed by atoms with Gasteiger partial charge in [0, 0.05) is 12.6 Å². The minimum Gasteiger partial charge on any atom is -0.437 e. The number of benzene rings is 1. The third-order valence-electron chi connectivity index (χ3n) is 3.53. The topological polar surface area (TPSA) is 47.0 Å². The van der Waals surface area contributed by atoms with Crippen molar-refractivity contribution in [1.29, 1.82) is 0 Å². The number of hydrogen-bond donors (Lipinski definition) is 1. The van der Waals surface area contributed by atoms with Gasteiger partial charge in [0.2, 0.25) is 5.88 Å². The van der Waals surface area contributed by atoms with E-state index in [0.717, 1.165) is 18.0 Å². The molecule has 1 aliphatic carbocycles. The third kappa shape index (κ3) is 3.33. The number of rotatable bonds is 5. The van der Waals surface area contributed by atoms with Crippen molar-refractivity contribution in [3.05, 3.63) is 47.4 Å². The van der Waals surface area contributed by atoms with Gasteiger partial charge in [0.1, 0.15) is 5.75 Å². The second kappa shape index (κ2) is 5.59. The molecule has 0 bridgehead atoms. The molecule has 1 heterocycles. The highest BCUT2D eigenvalue weighted by atomic mass is 16.5. The standard InChI is InChI=1S/C16H19N3O/c1-11-3-6-15(7-12(11)2)20-16-10-18-14(9-19-16)8-17-13-4-5-13/h3,6-7,9-10,13,17H,4-5,8H2,1-2H3. The minimum absolute atomic E-state index is 0.531. The van der Waals surface area contributed by atoms with Gasteiger partial charge in [-0.15, -0.1) is 0 Å². The molecule has 0 radical (unpaired) electrons. The van der Waals surface area contributed by atoms with Crippen LogP contribution < -0.4 is 10.1 Å². The Bertz CT molecular complexity index is 591. The Morgan fingerprint density at radius 2 is 2.00 bits per heavy atom. The van der Waals surface area contributed by atoms with E-state index < -0.39 is 0 Å². The Labute approximate surface area is 119 Å². The monoisotopic (exact) mass is 269 g/mol. The average molecular weight is 269 g/mol. The smallest absolute Gasteiger partial charge is 0.237 e. The molecule has 0 atom stereocenters. The predicted octanol–water partition coefficient (Wildman–Crippen LogP) is 3.14. The maximum atomic E-state index is 5.71. The van der Waals surface area contributed by atoms with Crippen molar-refractivity contribution in [2.45, 2.75) is 39.3 Å². The van der Waals surface area contributed by atoms with E-state index in [-0.39, 0.29) is 0 Å². The van der Waals surface area contributed by atoms with Gasteiger partial charge in [-0.2, -0.15) is 0 Å². The molecule has 3 rings (SSSR count). The van der Waals surface area contributed by atoms with Gasteiger partial charge in [0.15, 0.2) is 0 Å². The van der Waals surface area contributed by atoms with E-state index in [9.17, 15) is 0 Å². The summed E-state index contributed by atoms with van der Waals surface area (Å²) in [6.07, 6.45) is 6.01. The Hall–Kier alpha value is -1.94. The first-order chi connectivity index (χ1) is 9.70. The molecule has 2 aromatic rings. The molecule has 1 N–H and O–H groups in total. The van der Waals surface area contributed by atoms with Gasteiger partial charge in [-0.05, 0) is 49.9 Å². The van der Waals surface area contributed by atoms with Crippen molar-refractivity contribution in [2.75, 3.05) is 0 Å². The molecular formula is C16H19N3O. The summed E-state index contributed by atoms with van der Waals surface area (Å²) < 4.78 is 5.71. The summed E-state index contributed by atoms with van der Waals surface area (Å²) >= 11 is 0. The Morgan fingerprint density at radius 1 is 1.15 bits per heavy atom. The normalized spacial score (nSPS) is 14.3. The zero-order valence-corrected chi connectivity index (χ0v) is 11.9. The highest BCUT2D eigenvalue weighted by Gasteiger charge is 2.20. The second-order valence-corrected chi connectivity index (χ2v) is 5.35. The lowest BCUT2D eigenvalue weighted by Crippen LogP contribution is -2.16. The molecule has 1 saturated carbocycles. The Kier molecular flexibility index (Phi) is 3.65. The third-order valence-corrected chi connectivity index (χ3v) is 3.53. The molecule has 1 aromatic carbocycles. The van der Waals surface area contributed by atoms with Crippen molar-refractivity contribution < 1.29 is 4.74 Å². The van der Waals surface area contributed by atoms with E-state index in [1.54, 1.807) is 12.4 Å². The Balaban J connectivity index is 1.62. The highest BCUT2D eigenvalue weighted by molar-refractivity contribution is 5.35. The SMILES string of the molecule is Cc1ccc(Oc2cnc(CNC3CC3)cn2)cc1C. The summed E-state index contributed by atoms with van der Waals surface area (Å²) in [5, 5.41) is 3.41. The summed E-state index contributed by atoms with van der Waals surface area (Å²) in [7, 11) is 0. The number of aromatic nitrogens is 2. The van der Waals surface area contributed by atoms with Crippen molar-refractivity contribution in [3.8, 4) is 11.6 Å². The van der Waals surface area contributed by atoms with Crippen LogP contribution in [0.25, 0.3) is 0 Å². The van der Waals surface area contributed by atoms with Gasteiger partial charge in [-0.1, -0.05) is 6.07 Å². The molecule has 0 amide bonds. The van der Waals surface area contributed by atoms with Gasteiger partial charge >= 0.3 is 0 Å². The molecule has 0 saturated heterocycles. The van der Waals surface area contributed by atoms with Gasteiger partial charge in [0.25, 0.3) is 0 Å². The van der Waals surface area contributed by atoms with Crippen molar-refractivity contribution in [3.63, 3.8) is 0 Å². The number of nitrogens with zero attached hydrogens (tertiary/aromatic N) is 2. The molecule has 4 heteroatoms. The molecule has 1 fully saturated rings. The van der Waals surface area contributed by atoms with Crippen LogP contribution in [0.2, 0.25) is 0 Å². The quantitative estimate of drug-likeness (QED) is 0.906. The maximum absolute atomic E-state index is 5.71. The maximum Gasteiger partial charge on any atom is 0.237 e. The van der Waals surface area contributed by atoms with Crippen LogP contribution in [0, 0.1) is 13.8 Å². The second-order valence-electron chi connectivity index (χ2n) is 5.35. The van der Waals surface area contributed by atoms with E-state index in [1.807, 2.05) is 18.2 Å². The summed E-state index contributed by atoms with van der Waals surface area (Å²) in [6.45, 7) is 4.93. The van der Waals surface area contributed by atoms with Gasteiger partial charge in [0.05, 0.1) is 18.1 Å². The molecule has 1 aromatic heterocycles. The van der Waals surface area contributed by atoms with Crippen LogP contribution in [0.5, 0.6) is 11.6 Å². The predicted molar refractivity (Wildman–Crippen MR) is 77.9 cm³/mol. The van der Waals surface area contributed by atoms with Crippen LogP contribution in [0.3, 0.4) is 0 Å². The minimum atomic E-state index is 0.531. The summed E-state index contributed by atoms with van der Waals surface area (Å²) in [5.41, 5.74) is 3.41. The van der Waals surface area contributed by atoms with Crippen molar-refractivity contribution in [2.24, 2.45) is 0 Å². The molecule has 0 spiro atoms. The Morgan fingerprint density at radius 3 is 2.65 bits per heavy atom. The average Bonchev–Trinajstić information content (AvgIpc) is 3.26. The van der Waals surface area contributed by atoms with Crippen molar-refractivity contribution >= 4 is 0 Å². The fraction of sp³-hybridized carbons (Fsp3) is 0.375. The number of hydrogen-bond acceptors (Lipinski definition) is 4. The largest absolute Gasteiger partial charge is 0.437 e. The fourth-order valence-corrected chi connectivity index (χ4v) is 1.92. The molecule has 104 valence electrons. The van der Waals surface area contributed by atoms with Crippen LogP contribution in [0.15, 0.2) is 30.6 Å². The molecule has 4 nitrogen and oxygen atoms in total. The van der Waals surface area contributed by atoms with Gasteiger partial charge in [-0.25, -0.2) is 4.98 Å². The van der Waals surface area contributed by atoms with Crippen molar-refractivity contribution in [1.82, 2.24) is 15.3 Å².